The van der Waals surface area contributed by atoms with Gasteiger partial charge in [-0.25, -0.2) is 0 Å². The van der Waals surface area contributed by atoms with E-state index in [4.69, 9.17) is 0 Å². The molecule has 90 valence electrons. The summed E-state index contributed by atoms with van der Waals surface area (Å²) in [6, 6.07) is 4.02. The second-order valence-electron chi connectivity index (χ2n) is 4.60. The number of benzene rings is 1. The van der Waals surface area contributed by atoms with Crippen molar-refractivity contribution in [1.82, 2.24) is 0 Å². The number of phenols is 1. The highest BCUT2D eigenvalue weighted by Crippen LogP contribution is 2.32. The van der Waals surface area contributed by atoms with Crippen LogP contribution in [0.1, 0.15) is 49.3 Å². The molecule has 1 rings (SSSR count). The SMILES string of the molecule is Cc1ccc(C(C)C)c(O)c1CCCCF. The Bertz CT molecular complexity index is 345. The van der Waals surface area contributed by atoms with Crippen LogP contribution in [0.25, 0.3) is 0 Å². The summed E-state index contributed by atoms with van der Waals surface area (Å²) >= 11 is 0. The van der Waals surface area contributed by atoms with Gasteiger partial charge in [-0.1, -0.05) is 26.0 Å². The van der Waals surface area contributed by atoms with Crippen molar-refractivity contribution in [3.63, 3.8) is 0 Å². The van der Waals surface area contributed by atoms with Crippen LogP contribution in [0.5, 0.6) is 5.75 Å². The van der Waals surface area contributed by atoms with Gasteiger partial charge in [-0.05, 0) is 48.8 Å². The summed E-state index contributed by atoms with van der Waals surface area (Å²) in [7, 11) is 0. The first-order valence-electron chi connectivity index (χ1n) is 5.95. The standard InChI is InChI=1S/C14H21FO/c1-10(2)12-8-7-11(3)13(14(12)16)6-4-5-9-15/h7-8,10,16H,4-6,9H2,1-3H3. The van der Waals surface area contributed by atoms with Gasteiger partial charge in [0.15, 0.2) is 0 Å². The number of phenolic OH excluding ortho intramolecular Hbond substituents is 1. The highest BCUT2D eigenvalue weighted by Gasteiger charge is 2.12. The normalized spacial score (nSPS) is 11.1. The van der Waals surface area contributed by atoms with Crippen LogP contribution in [0.2, 0.25) is 0 Å². The Morgan fingerprint density at radius 1 is 1.25 bits per heavy atom. The highest BCUT2D eigenvalue weighted by atomic mass is 19.1. The minimum Gasteiger partial charge on any atom is -0.507 e. The van der Waals surface area contributed by atoms with E-state index in [9.17, 15) is 9.50 Å². The fourth-order valence-corrected chi connectivity index (χ4v) is 1.93. The Morgan fingerprint density at radius 2 is 1.94 bits per heavy atom. The van der Waals surface area contributed by atoms with E-state index in [1.165, 1.54) is 0 Å². The molecule has 0 fully saturated rings. The van der Waals surface area contributed by atoms with Crippen LogP contribution in [-0.4, -0.2) is 11.8 Å². The van der Waals surface area contributed by atoms with Crippen molar-refractivity contribution < 1.29 is 9.50 Å². The Kier molecular flexibility index (Phi) is 4.78. The maximum atomic E-state index is 12.0. The second kappa shape index (κ2) is 5.88. The van der Waals surface area contributed by atoms with Crippen LogP contribution < -0.4 is 0 Å². The van der Waals surface area contributed by atoms with Gasteiger partial charge in [0.25, 0.3) is 0 Å². The molecule has 0 spiro atoms. The van der Waals surface area contributed by atoms with Crippen molar-refractivity contribution in [3.05, 3.63) is 28.8 Å². The minimum atomic E-state index is -0.274. The number of hydrogen-bond acceptors (Lipinski definition) is 1. The van der Waals surface area contributed by atoms with E-state index < -0.39 is 0 Å². The predicted molar refractivity (Wildman–Crippen MR) is 65.8 cm³/mol. The van der Waals surface area contributed by atoms with E-state index in [2.05, 4.69) is 13.8 Å². The van der Waals surface area contributed by atoms with Gasteiger partial charge in [-0.3, -0.25) is 4.39 Å². The lowest BCUT2D eigenvalue weighted by atomic mass is 9.93. The van der Waals surface area contributed by atoms with Crippen molar-refractivity contribution in [1.29, 1.82) is 0 Å². The summed E-state index contributed by atoms with van der Waals surface area (Å²) in [4.78, 5) is 0. The van der Waals surface area contributed by atoms with Crippen molar-refractivity contribution in [2.75, 3.05) is 6.67 Å². The summed E-state index contributed by atoms with van der Waals surface area (Å²) in [5.41, 5.74) is 3.07. The monoisotopic (exact) mass is 224 g/mol. The van der Waals surface area contributed by atoms with Gasteiger partial charge in [0, 0.05) is 0 Å². The zero-order valence-corrected chi connectivity index (χ0v) is 10.4. The van der Waals surface area contributed by atoms with E-state index in [1.807, 2.05) is 19.1 Å². The number of rotatable bonds is 5. The van der Waals surface area contributed by atoms with Crippen LogP contribution in [0.3, 0.4) is 0 Å². The molecule has 1 nitrogen and oxygen atoms in total. The average molecular weight is 224 g/mol. The molecule has 0 aliphatic rings. The molecule has 0 saturated carbocycles. The van der Waals surface area contributed by atoms with E-state index in [-0.39, 0.29) is 6.67 Å². The molecule has 0 aliphatic heterocycles. The second-order valence-corrected chi connectivity index (χ2v) is 4.60. The fraction of sp³-hybridized carbons (Fsp3) is 0.571. The molecule has 0 bridgehead atoms. The van der Waals surface area contributed by atoms with Gasteiger partial charge in [0.2, 0.25) is 0 Å². The molecule has 1 N–H and O–H groups in total. The van der Waals surface area contributed by atoms with Crippen LogP contribution in [-0.2, 0) is 6.42 Å². The predicted octanol–water partition coefficient (Wildman–Crippen LogP) is 4.12. The van der Waals surface area contributed by atoms with Crippen LogP contribution in [0.4, 0.5) is 4.39 Å². The number of hydrogen-bond donors (Lipinski definition) is 1. The summed E-state index contributed by atoms with van der Waals surface area (Å²) in [6.45, 7) is 5.85. The molecule has 0 atom stereocenters. The summed E-state index contributed by atoms with van der Waals surface area (Å²) in [5, 5.41) is 10.1. The molecule has 0 unspecified atom stereocenters. The van der Waals surface area contributed by atoms with Gasteiger partial charge in [0.05, 0.1) is 6.67 Å². The molecule has 0 saturated heterocycles. The molecular formula is C14H21FO. The lowest BCUT2D eigenvalue weighted by Gasteiger charge is -2.14. The molecule has 0 aromatic heterocycles. The van der Waals surface area contributed by atoms with Crippen molar-refractivity contribution in [2.45, 2.75) is 46.0 Å². The van der Waals surface area contributed by atoms with Crippen LogP contribution >= 0.6 is 0 Å². The first kappa shape index (κ1) is 13.0. The lowest BCUT2D eigenvalue weighted by molar-refractivity contribution is 0.445. The maximum Gasteiger partial charge on any atom is 0.122 e. The van der Waals surface area contributed by atoms with Crippen LogP contribution in [0.15, 0.2) is 12.1 Å². The number of alkyl halides is 1. The number of aryl methyl sites for hydroxylation is 1. The Labute approximate surface area is 97.3 Å². The molecular weight excluding hydrogens is 203 g/mol. The third-order valence-corrected chi connectivity index (χ3v) is 2.98. The van der Waals surface area contributed by atoms with Crippen molar-refractivity contribution in [3.8, 4) is 5.75 Å². The number of unbranched alkanes of at least 4 members (excludes halogenated alkanes) is 1. The van der Waals surface area contributed by atoms with Crippen molar-refractivity contribution >= 4 is 0 Å². The third-order valence-electron chi connectivity index (χ3n) is 2.98. The summed E-state index contributed by atoms with van der Waals surface area (Å²) in [6.07, 6.45) is 2.14. The zero-order chi connectivity index (χ0) is 12.1. The number of aromatic hydroxyl groups is 1. The molecule has 0 radical (unpaired) electrons. The van der Waals surface area contributed by atoms with Gasteiger partial charge < -0.3 is 5.11 Å². The zero-order valence-electron chi connectivity index (χ0n) is 10.4. The quantitative estimate of drug-likeness (QED) is 0.746. The fourth-order valence-electron chi connectivity index (χ4n) is 1.93. The smallest absolute Gasteiger partial charge is 0.122 e. The van der Waals surface area contributed by atoms with Crippen LogP contribution in [0, 0.1) is 6.92 Å². The number of halogens is 1. The van der Waals surface area contributed by atoms with Crippen molar-refractivity contribution in [2.24, 2.45) is 0 Å². The summed E-state index contributed by atoms with van der Waals surface area (Å²) in [5.74, 6) is 0.731. The first-order chi connectivity index (χ1) is 7.57. The third kappa shape index (κ3) is 2.97. The maximum absolute atomic E-state index is 12.0. The van der Waals surface area contributed by atoms with Gasteiger partial charge in [0.1, 0.15) is 5.75 Å². The molecule has 16 heavy (non-hydrogen) atoms. The Hall–Kier alpha value is -1.05. The topological polar surface area (TPSA) is 20.2 Å². The molecule has 0 amide bonds. The molecule has 1 aromatic carbocycles. The van der Waals surface area contributed by atoms with Gasteiger partial charge >= 0.3 is 0 Å². The lowest BCUT2D eigenvalue weighted by Crippen LogP contribution is -1.97. The first-order valence-corrected chi connectivity index (χ1v) is 5.95. The Balaban J connectivity index is 2.92. The highest BCUT2D eigenvalue weighted by molar-refractivity contribution is 5.46. The van der Waals surface area contributed by atoms with Gasteiger partial charge in [-0.15, -0.1) is 0 Å². The minimum absolute atomic E-state index is 0.274. The van der Waals surface area contributed by atoms with Gasteiger partial charge in [-0.2, -0.15) is 0 Å². The average Bonchev–Trinajstić information content (AvgIpc) is 2.22. The summed E-state index contributed by atoms with van der Waals surface area (Å²) < 4.78 is 12.0. The van der Waals surface area contributed by atoms with E-state index in [0.29, 0.717) is 18.1 Å². The molecule has 1 aromatic rings. The largest absolute Gasteiger partial charge is 0.507 e. The molecule has 0 heterocycles. The van der Waals surface area contributed by atoms with E-state index >= 15 is 0 Å². The van der Waals surface area contributed by atoms with E-state index in [0.717, 1.165) is 29.5 Å². The molecule has 0 aliphatic carbocycles. The Morgan fingerprint density at radius 3 is 2.50 bits per heavy atom. The van der Waals surface area contributed by atoms with E-state index in [1.54, 1.807) is 0 Å². The molecule has 2 heteroatoms.